The smallest absolute Gasteiger partial charge is 0.268 e. The Hall–Kier alpha value is -1.43. The number of rotatable bonds is 1. The molecule has 0 aliphatic carbocycles. The number of nitrogens with one attached hydrogen (secondary N) is 1. The van der Waals surface area contributed by atoms with Crippen LogP contribution in [0.2, 0.25) is 0 Å². The van der Waals surface area contributed by atoms with Crippen molar-refractivity contribution in [3.8, 4) is 0 Å². The van der Waals surface area contributed by atoms with Gasteiger partial charge in [0.25, 0.3) is 0 Å². The quantitative estimate of drug-likeness (QED) is 0.519. The van der Waals surface area contributed by atoms with Gasteiger partial charge in [0, 0.05) is 11.5 Å². The Balaban J connectivity index is 2.67. The molecular formula is C5H3N3O2S. The molecule has 0 amide bonds. The minimum Gasteiger partial charge on any atom is -0.268 e. The molecule has 0 atom stereocenters. The van der Waals surface area contributed by atoms with E-state index in [1.54, 1.807) is 6.20 Å². The van der Waals surface area contributed by atoms with E-state index in [1.165, 1.54) is 6.07 Å². The first-order valence-electron chi connectivity index (χ1n) is 2.84. The number of fused-ring (bicyclic) bond motifs is 1. The van der Waals surface area contributed by atoms with E-state index in [2.05, 4.69) is 10.2 Å². The van der Waals surface area contributed by atoms with Crippen molar-refractivity contribution in [2.75, 3.05) is 0 Å². The predicted molar refractivity (Wildman–Crippen MR) is 40.6 cm³/mol. The third kappa shape index (κ3) is 0.874. The maximum absolute atomic E-state index is 10.3. The molecule has 0 saturated carbocycles. The predicted octanol–water partition coefficient (Wildman–Crippen LogP) is 1.53. The third-order valence-electron chi connectivity index (χ3n) is 1.30. The molecule has 0 unspecified atom stereocenters. The molecule has 2 rings (SSSR count). The average molecular weight is 169 g/mol. The standard InChI is InChI=1S/C5H3N3O2S/c9-8(10)4-1-3-2-6-7-5(3)11-4/h1-2H,(H,6,7). The molecule has 6 heteroatoms. The van der Waals surface area contributed by atoms with Crippen LogP contribution in [0, 0.1) is 10.1 Å². The van der Waals surface area contributed by atoms with Gasteiger partial charge < -0.3 is 0 Å². The average Bonchev–Trinajstić information content (AvgIpc) is 2.40. The Kier molecular flexibility index (Phi) is 1.16. The van der Waals surface area contributed by atoms with Crippen molar-refractivity contribution >= 4 is 26.6 Å². The second-order valence-corrected chi connectivity index (χ2v) is 3.03. The molecule has 2 aromatic rings. The molecule has 0 aliphatic rings. The highest BCUT2D eigenvalue weighted by Gasteiger charge is 2.11. The van der Waals surface area contributed by atoms with Crippen LogP contribution in [-0.4, -0.2) is 15.1 Å². The van der Waals surface area contributed by atoms with Crippen molar-refractivity contribution in [3.63, 3.8) is 0 Å². The van der Waals surface area contributed by atoms with Crippen LogP contribution in [0.25, 0.3) is 10.2 Å². The van der Waals surface area contributed by atoms with Gasteiger partial charge in [0.2, 0.25) is 0 Å². The van der Waals surface area contributed by atoms with E-state index in [9.17, 15) is 10.1 Å². The zero-order valence-electron chi connectivity index (χ0n) is 5.27. The molecular weight excluding hydrogens is 166 g/mol. The molecule has 0 aliphatic heterocycles. The zero-order valence-corrected chi connectivity index (χ0v) is 6.09. The van der Waals surface area contributed by atoms with E-state index in [0.29, 0.717) is 0 Å². The lowest BCUT2D eigenvalue weighted by atomic mass is 10.4. The summed E-state index contributed by atoms with van der Waals surface area (Å²) in [7, 11) is 0. The topological polar surface area (TPSA) is 71.8 Å². The summed E-state index contributed by atoms with van der Waals surface area (Å²) in [6.07, 6.45) is 1.57. The van der Waals surface area contributed by atoms with Gasteiger partial charge in [0.15, 0.2) is 0 Å². The van der Waals surface area contributed by atoms with Crippen molar-refractivity contribution in [1.82, 2.24) is 10.2 Å². The number of thiophene rings is 1. The van der Waals surface area contributed by atoms with Crippen LogP contribution in [0.1, 0.15) is 0 Å². The van der Waals surface area contributed by atoms with Crippen LogP contribution in [0.3, 0.4) is 0 Å². The number of hydrogen-bond donors (Lipinski definition) is 1. The van der Waals surface area contributed by atoms with Crippen LogP contribution in [0.15, 0.2) is 12.3 Å². The Bertz CT molecular complexity index is 376. The summed E-state index contributed by atoms with van der Waals surface area (Å²) in [4.78, 5) is 10.6. The molecule has 1 N–H and O–H groups in total. The highest BCUT2D eigenvalue weighted by Crippen LogP contribution is 2.28. The fourth-order valence-electron chi connectivity index (χ4n) is 0.825. The van der Waals surface area contributed by atoms with Crippen LogP contribution in [-0.2, 0) is 0 Å². The highest BCUT2D eigenvalue weighted by molar-refractivity contribution is 7.21. The monoisotopic (exact) mass is 169 g/mol. The molecule has 56 valence electrons. The van der Waals surface area contributed by atoms with Crippen molar-refractivity contribution in [2.24, 2.45) is 0 Å². The maximum atomic E-state index is 10.3. The molecule has 0 aromatic carbocycles. The Labute approximate surface area is 64.8 Å². The normalized spacial score (nSPS) is 10.5. The number of hydrogen-bond acceptors (Lipinski definition) is 4. The van der Waals surface area contributed by atoms with Gasteiger partial charge in [-0.25, -0.2) is 0 Å². The third-order valence-corrected chi connectivity index (χ3v) is 2.30. The van der Waals surface area contributed by atoms with Gasteiger partial charge in [-0.1, -0.05) is 0 Å². The summed E-state index contributed by atoms with van der Waals surface area (Å²) < 4.78 is 0. The van der Waals surface area contributed by atoms with Crippen molar-refractivity contribution in [2.45, 2.75) is 0 Å². The van der Waals surface area contributed by atoms with Gasteiger partial charge in [-0.3, -0.25) is 15.2 Å². The molecule has 0 radical (unpaired) electrons. The minimum atomic E-state index is -0.404. The number of H-pyrrole nitrogens is 1. The number of nitrogens with zero attached hydrogens (tertiary/aromatic N) is 2. The Morgan fingerprint density at radius 3 is 3.18 bits per heavy atom. The summed E-state index contributed by atoms with van der Waals surface area (Å²) in [5, 5.41) is 17.6. The lowest BCUT2D eigenvalue weighted by Gasteiger charge is -1.78. The minimum absolute atomic E-state index is 0.147. The van der Waals surface area contributed by atoms with Crippen molar-refractivity contribution in [3.05, 3.63) is 22.4 Å². The van der Waals surface area contributed by atoms with Crippen molar-refractivity contribution < 1.29 is 4.92 Å². The van der Waals surface area contributed by atoms with Gasteiger partial charge in [-0.15, -0.1) is 0 Å². The fraction of sp³-hybridized carbons (Fsp3) is 0. The molecule has 11 heavy (non-hydrogen) atoms. The summed E-state index contributed by atoms with van der Waals surface area (Å²) >= 11 is 1.09. The van der Waals surface area contributed by atoms with E-state index in [4.69, 9.17) is 0 Å². The molecule has 0 spiro atoms. The van der Waals surface area contributed by atoms with E-state index in [0.717, 1.165) is 21.6 Å². The molecule has 2 aromatic heterocycles. The second kappa shape index (κ2) is 2.03. The first-order valence-corrected chi connectivity index (χ1v) is 3.66. The van der Waals surface area contributed by atoms with E-state index in [1.807, 2.05) is 0 Å². The van der Waals surface area contributed by atoms with E-state index >= 15 is 0 Å². The SMILES string of the molecule is O=[N+]([O-])c1cc2cn[nH]c2s1. The van der Waals surface area contributed by atoms with Crippen LogP contribution in [0.5, 0.6) is 0 Å². The lowest BCUT2D eigenvalue weighted by molar-refractivity contribution is -0.380. The van der Waals surface area contributed by atoms with Crippen LogP contribution >= 0.6 is 11.3 Å². The second-order valence-electron chi connectivity index (χ2n) is 2.00. The highest BCUT2D eigenvalue weighted by atomic mass is 32.1. The lowest BCUT2D eigenvalue weighted by Crippen LogP contribution is -1.80. The summed E-state index contributed by atoms with van der Waals surface area (Å²) in [6.45, 7) is 0. The molecule has 0 bridgehead atoms. The summed E-state index contributed by atoms with van der Waals surface area (Å²) in [5.41, 5.74) is 0. The molecule has 0 saturated heterocycles. The van der Waals surface area contributed by atoms with Gasteiger partial charge in [-0.2, -0.15) is 5.10 Å². The number of aromatic nitrogens is 2. The van der Waals surface area contributed by atoms with Crippen LogP contribution in [0.4, 0.5) is 5.00 Å². The van der Waals surface area contributed by atoms with Gasteiger partial charge >= 0.3 is 5.00 Å². The van der Waals surface area contributed by atoms with E-state index < -0.39 is 4.92 Å². The fourth-order valence-corrected chi connectivity index (χ4v) is 1.62. The largest absolute Gasteiger partial charge is 0.326 e. The van der Waals surface area contributed by atoms with Crippen LogP contribution < -0.4 is 0 Å². The summed E-state index contributed by atoms with van der Waals surface area (Å²) in [5.74, 6) is 0. The molecule has 0 fully saturated rings. The summed E-state index contributed by atoms with van der Waals surface area (Å²) in [6, 6.07) is 1.50. The first-order chi connectivity index (χ1) is 5.27. The van der Waals surface area contributed by atoms with Crippen molar-refractivity contribution in [1.29, 1.82) is 0 Å². The van der Waals surface area contributed by atoms with Gasteiger partial charge in [0.05, 0.1) is 11.1 Å². The Morgan fingerprint density at radius 2 is 2.55 bits per heavy atom. The zero-order chi connectivity index (χ0) is 7.84. The van der Waals surface area contributed by atoms with Gasteiger partial charge in [-0.05, 0) is 11.3 Å². The Morgan fingerprint density at radius 1 is 1.73 bits per heavy atom. The maximum Gasteiger partial charge on any atom is 0.326 e. The number of aromatic amines is 1. The van der Waals surface area contributed by atoms with Gasteiger partial charge in [0.1, 0.15) is 4.83 Å². The number of nitro groups is 1. The first kappa shape index (κ1) is 6.29. The molecule has 5 nitrogen and oxygen atoms in total. The van der Waals surface area contributed by atoms with E-state index in [-0.39, 0.29) is 5.00 Å². The molecule has 2 heterocycles.